The maximum absolute atomic E-state index is 9.95. The van der Waals surface area contributed by atoms with Gasteiger partial charge in [0.25, 0.3) is 0 Å². The van der Waals surface area contributed by atoms with Crippen LogP contribution in [0.1, 0.15) is 33.6 Å². The molecule has 2 fully saturated rings. The van der Waals surface area contributed by atoms with Gasteiger partial charge in [0.1, 0.15) is 0 Å². The summed E-state index contributed by atoms with van der Waals surface area (Å²) in [7, 11) is 0. The van der Waals surface area contributed by atoms with Crippen molar-refractivity contribution < 1.29 is 9.84 Å². The molecule has 0 amide bonds. The molecule has 2 aliphatic heterocycles. The van der Waals surface area contributed by atoms with Crippen molar-refractivity contribution in [3.63, 3.8) is 0 Å². The fourth-order valence-electron chi connectivity index (χ4n) is 2.70. The Bertz CT molecular complexity index is 265. The lowest BCUT2D eigenvalue weighted by molar-refractivity contribution is -0.0486. The zero-order chi connectivity index (χ0) is 13.2. The molecule has 0 aliphatic carbocycles. The number of aliphatic hydroxyl groups is 1. The molecule has 3 atom stereocenters. The van der Waals surface area contributed by atoms with Crippen molar-refractivity contribution in [2.45, 2.75) is 51.9 Å². The molecule has 0 spiro atoms. The lowest BCUT2D eigenvalue weighted by Gasteiger charge is -2.35. The molecule has 0 aromatic heterocycles. The molecule has 106 valence electrons. The molecule has 2 N–H and O–H groups in total. The molecule has 0 radical (unpaired) electrons. The van der Waals surface area contributed by atoms with Gasteiger partial charge in [-0.3, -0.25) is 4.90 Å². The molecule has 18 heavy (non-hydrogen) atoms. The highest BCUT2D eigenvalue weighted by molar-refractivity contribution is 4.86. The summed E-state index contributed by atoms with van der Waals surface area (Å²) in [5.41, 5.74) is -0.0551. The van der Waals surface area contributed by atoms with Crippen LogP contribution in [0, 0.1) is 5.41 Å². The van der Waals surface area contributed by atoms with Gasteiger partial charge in [-0.1, -0.05) is 20.8 Å². The summed E-state index contributed by atoms with van der Waals surface area (Å²) in [4.78, 5) is 2.55. The second-order valence-corrected chi connectivity index (χ2v) is 6.79. The van der Waals surface area contributed by atoms with Crippen LogP contribution in [0.3, 0.4) is 0 Å². The first kappa shape index (κ1) is 14.3. The summed E-state index contributed by atoms with van der Waals surface area (Å²) in [5.74, 6) is 0. The number of ether oxygens (including phenoxy) is 1. The molecule has 2 saturated heterocycles. The standard InChI is InChI=1S/C14H28N2O2/c1-14(2,3)13(17)8-15-7-12-9-16-6-4-5-11(16)10-18-12/h11-13,15,17H,4-10H2,1-3H3. The Kier molecular flexibility index (Phi) is 4.64. The molecule has 2 heterocycles. The van der Waals surface area contributed by atoms with E-state index in [0.717, 1.165) is 19.7 Å². The maximum atomic E-state index is 9.95. The minimum absolute atomic E-state index is 0.0551. The number of fused-ring (bicyclic) bond motifs is 1. The topological polar surface area (TPSA) is 44.7 Å². The lowest BCUT2D eigenvalue weighted by Crippen LogP contribution is -2.50. The van der Waals surface area contributed by atoms with Crippen LogP contribution < -0.4 is 5.32 Å². The Morgan fingerprint density at radius 2 is 2.22 bits per heavy atom. The fourth-order valence-corrected chi connectivity index (χ4v) is 2.70. The minimum Gasteiger partial charge on any atom is -0.391 e. The highest BCUT2D eigenvalue weighted by Crippen LogP contribution is 2.22. The lowest BCUT2D eigenvalue weighted by atomic mass is 9.89. The number of hydrogen-bond donors (Lipinski definition) is 2. The van der Waals surface area contributed by atoms with E-state index in [1.165, 1.54) is 19.4 Å². The van der Waals surface area contributed by atoms with Crippen LogP contribution in [-0.4, -0.2) is 61.0 Å². The first-order valence-corrected chi connectivity index (χ1v) is 7.21. The van der Waals surface area contributed by atoms with Crippen molar-refractivity contribution in [3.8, 4) is 0 Å². The molecule has 0 saturated carbocycles. The van der Waals surface area contributed by atoms with Crippen molar-refractivity contribution in [3.05, 3.63) is 0 Å². The van der Waals surface area contributed by atoms with E-state index in [0.29, 0.717) is 12.6 Å². The number of nitrogens with one attached hydrogen (secondary N) is 1. The normalized spacial score (nSPS) is 31.3. The Morgan fingerprint density at radius 3 is 2.94 bits per heavy atom. The molecule has 0 bridgehead atoms. The number of rotatable bonds is 4. The van der Waals surface area contributed by atoms with Crippen LogP contribution in [-0.2, 0) is 4.74 Å². The van der Waals surface area contributed by atoms with Gasteiger partial charge in [-0.2, -0.15) is 0 Å². The molecule has 4 heteroatoms. The van der Waals surface area contributed by atoms with Gasteiger partial charge < -0.3 is 15.2 Å². The second kappa shape index (κ2) is 5.87. The number of morpholine rings is 1. The van der Waals surface area contributed by atoms with Crippen molar-refractivity contribution in [2.75, 3.05) is 32.8 Å². The van der Waals surface area contributed by atoms with Gasteiger partial charge in [-0.05, 0) is 24.8 Å². The van der Waals surface area contributed by atoms with E-state index in [1.807, 2.05) is 0 Å². The van der Waals surface area contributed by atoms with Gasteiger partial charge in [0.05, 0.1) is 18.8 Å². The highest BCUT2D eigenvalue weighted by Gasteiger charge is 2.32. The third kappa shape index (κ3) is 3.67. The van der Waals surface area contributed by atoms with Gasteiger partial charge >= 0.3 is 0 Å². The minimum atomic E-state index is -0.305. The van der Waals surface area contributed by atoms with E-state index in [9.17, 15) is 5.11 Å². The van der Waals surface area contributed by atoms with Gasteiger partial charge in [-0.25, -0.2) is 0 Å². The Hall–Kier alpha value is -0.160. The average Bonchev–Trinajstić information content (AvgIpc) is 2.74. The summed E-state index contributed by atoms with van der Waals surface area (Å²) in [6.07, 6.45) is 2.59. The summed E-state index contributed by atoms with van der Waals surface area (Å²) in [6.45, 7) is 10.8. The molecular weight excluding hydrogens is 228 g/mol. The largest absolute Gasteiger partial charge is 0.391 e. The molecule has 2 aliphatic rings. The van der Waals surface area contributed by atoms with Crippen LogP contribution in [0.15, 0.2) is 0 Å². The third-order valence-electron chi connectivity index (χ3n) is 4.17. The van der Waals surface area contributed by atoms with Crippen molar-refractivity contribution >= 4 is 0 Å². The van der Waals surface area contributed by atoms with Gasteiger partial charge in [0, 0.05) is 25.7 Å². The summed E-state index contributed by atoms with van der Waals surface area (Å²) in [6, 6.07) is 0.668. The molecule has 0 aromatic carbocycles. The van der Waals surface area contributed by atoms with E-state index >= 15 is 0 Å². The number of aliphatic hydroxyl groups excluding tert-OH is 1. The molecule has 3 unspecified atom stereocenters. The van der Waals surface area contributed by atoms with Crippen LogP contribution in [0.4, 0.5) is 0 Å². The summed E-state index contributed by atoms with van der Waals surface area (Å²) in [5, 5.41) is 13.3. The van der Waals surface area contributed by atoms with Crippen LogP contribution in [0.2, 0.25) is 0 Å². The Balaban J connectivity index is 1.65. The van der Waals surface area contributed by atoms with E-state index < -0.39 is 0 Å². The van der Waals surface area contributed by atoms with Gasteiger partial charge in [-0.15, -0.1) is 0 Å². The van der Waals surface area contributed by atoms with Crippen LogP contribution in [0.5, 0.6) is 0 Å². The molecule has 4 nitrogen and oxygen atoms in total. The fraction of sp³-hybridized carbons (Fsp3) is 1.00. The average molecular weight is 256 g/mol. The first-order chi connectivity index (χ1) is 8.47. The quantitative estimate of drug-likeness (QED) is 0.782. The first-order valence-electron chi connectivity index (χ1n) is 7.21. The third-order valence-corrected chi connectivity index (χ3v) is 4.17. The predicted molar refractivity (Wildman–Crippen MR) is 72.7 cm³/mol. The van der Waals surface area contributed by atoms with E-state index in [1.54, 1.807) is 0 Å². The summed E-state index contributed by atoms with van der Waals surface area (Å²) >= 11 is 0. The Labute approximate surface area is 111 Å². The second-order valence-electron chi connectivity index (χ2n) is 6.79. The molecule has 2 rings (SSSR count). The van der Waals surface area contributed by atoms with E-state index in [2.05, 4.69) is 31.0 Å². The van der Waals surface area contributed by atoms with Crippen molar-refractivity contribution in [1.82, 2.24) is 10.2 Å². The number of hydrogen-bond acceptors (Lipinski definition) is 4. The maximum Gasteiger partial charge on any atom is 0.0827 e. The van der Waals surface area contributed by atoms with E-state index in [4.69, 9.17) is 4.74 Å². The SMILES string of the molecule is CC(C)(C)C(O)CNCC1CN2CCCC2CO1. The van der Waals surface area contributed by atoms with Crippen LogP contribution >= 0.6 is 0 Å². The van der Waals surface area contributed by atoms with Crippen LogP contribution in [0.25, 0.3) is 0 Å². The number of nitrogens with zero attached hydrogens (tertiary/aromatic N) is 1. The Morgan fingerprint density at radius 1 is 1.44 bits per heavy atom. The van der Waals surface area contributed by atoms with E-state index in [-0.39, 0.29) is 17.6 Å². The molecular formula is C14H28N2O2. The summed E-state index contributed by atoms with van der Waals surface area (Å²) < 4.78 is 5.87. The van der Waals surface area contributed by atoms with Gasteiger partial charge in [0.15, 0.2) is 0 Å². The van der Waals surface area contributed by atoms with Gasteiger partial charge in [0.2, 0.25) is 0 Å². The zero-order valence-corrected chi connectivity index (χ0v) is 12.0. The molecule has 0 aromatic rings. The predicted octanol–water partition coefficient (Wildman–Crippen LogP) is 0.846. The monoisotopic (exact) mass is 256 g/mol. The highest BCUT2D eigenvalue weighted by atomic mass is 16.5. The smallest absolute Gasteiger partial charge is 0.0827 e. The van der Waals surface area contributed by atoms with Crippen molar-refractivity contribution in [2.24, 2.45) is 5.41 Å². The van der Waals surface area contributed by atoms with Crippen molar-refractivity contribution in [1.29, 1.82) is 0 Å². The zero-order valence-electron chi connectivity index (χ0n) is 12.0.